The van der Waals surface area contributed by atoms with Gasteiger partial charge < -0.3 is 11.1 Å². The van der Waals surface area contributed by atoms with Gasteiger partial charge in [-0.25, -0.2) is 13.2 Å². The molecule has 4 rings (SSSR count). The topological polar surface area (TPSA) is 90.0 Å². The SMILES string of the molecule is NC(=O)c1c(-c2ccc(F)c(Cl)c2)nn2c1CC(C(=O)NC1CC(F)(F)C1)CC2C(F)(F)F. The van der Waals surface area contributed by atoms with Crippen LogP contribution in [0.15, 0.2) is 18.2 Å². The second-order valence-electron chi connectivity index (χ2n) is 8.27. The Hall–Kier alpha value is -2.76. The zero-order chi connectivity index (χ0) is 24.3. The van der Waals surface area contributed by atoms with Crippen molar-refractivity contribution in [1.29, 1.82) is 0 Å². The van der Waals surface area contributed by atoms with Gasteiger partial charge in [0.2, 0.25) is 5.91 Å². The van der Waals surface area contributed by atoms with E-state index < -0.39 is 67.0 Å². The van der Waals surface area contributed by atoms with E-state index in [0.29, 0.717) is 4.68 Å². The number of alkyl halides is 5. The summed E-state index contributed by atoms with van der Waals surface area (Å²) in [6.45, 7) is 0. The molecule has 2 amide bonds. The Labute approximate surface area is 188 Å². The summed E-state index contributed by atoms with van der Waals surface area (Å²) in [7, 11) is 0. The van der Waals surface area contributed by atoms with Crippen LogP contribution in [0.4, 0.5) is 26.3 Å². The van der Waals surface area contributed by atoms with E-state index in [9.17, 15) is 35.9 Å². The smallest absolute Gasteiger partial charge is 0.365 e. The summed E-state index contributed by atoms with van der Waals surface area (Å²) in [5.41, 5.74) is 4.71. The van der Waals surface area contributed by atoms with Crippen LogP contribution in [0.25, 0.3) is 11.3 Å². The first kappa shape index (κ1) is 23.4. The van der Waals surface area contributed by atoms with Crippen LogP contribution in [0.5, 0.6) is 0 Å². The number of halogens is 7. The molecular weight excluding hydrogens is 478 g/mol. The quantitative estimate of drug-likeness (QED) is 0.629. The lowest BCUT2D eigenvalue weighted by molar-refractivity contribution is -0.179. The summed E-state index contributed by atoms with van der Waals surface area (Å²) in [6.07, 6.45) is -7.03. The van der Waals surface area contributed by atoms with E-state index in [1.807, 2.05) is 0 Å². The highest BCUT2D eigenvalue weighted by molar-refractivity contribution is 6.31. The van der Waals surface area contributed by atoms with Crippen molar-refractivity contribution in [3.8, 4) is 11.3 Å². The van der Waals surface area contributed by atoms with E-state index in [0.717, 1.165) is 12.1 Å². The molecular formula is C20H17ClF6N4O2. The molecule has 2 heterocycles. The molecule has 1 aromatic heterocycles. The van der Waals surface area contributed by atoms with E-state index in [1.54, 1.807) is 0 Å². The summed E-state index contributed by atoms with van der Waals surface area (Å²) >= 11 is 5.76. The molecule has 6 nitrogen and oxygen atoms in total. The number of nitrogens with zero attached hydrogens (tertiary/aromatic N) is 2. The number of rotatable bonds is 4. The molecule has 0 radical (unpaired) electrons. The molecule has 1 saturated carbocycles. The van der Waals surface area contributed by atoms with Gasteiger partial charge in [0, 0.05) is 36.8 Å². The number of carbonyl (C=O) groups is 2. The molecule has 33 heavy (non-hydrogen) atoms. The molecule has 178 valence electrons. The van der Waals surface area contributed by atoms with Gasteiger partial charge in [-0.05, 0) is 24.6 Å². The highest BCUT2D eigenvalue weighted by atomic mass is 35.5. The van der Waals surface area contributed by atoms with Crippen LogP contribution in [0.1, 0.15) is 41.4 Å². The number of carbonyl (C=O) groups excluding carboxylic acids is 2. The minimum Gasteiger partial charge on any atom is -0.365 e. The maximum atomic E-state index is 13.9. The Morgan fingerprint density at radius 3 is 2.45 bits per heavy atom. The summed E-state index contributed by atoms with van der Waals surface area (Å²) in [6, 6.07) is 0.151. The largest absolute Gasteiger partial charge is 0.410 e. The number of fused-ring (bicyclic) bond motifs is 1. The maximum absolute atomic E-state index is 13.9. The van der Waals surface area contributed by atoms with E-state index in [-0.39, 0.29) is 34.0 Å². The van der Waals surface area contributed by atoms with Gasteiger partial charge in [0.05, 0.1) is 16.3 Å². The molecule has 2 aromatic rings. The molecule has 1 fully saturated rings. The number of hydrogen-bond acceptors (Lipinski definition) is 3. The maximum Gasteiger partial charge on any atom is 0.410 e. The summed E-state index contributed by atoms with van der Waals surface area (Å²) in [4.78, 5) is 24.8. The summed E-state index contributed by atoms with van der Waals surface area (Å²) < 4.78 is 81.9. The zero-order valence-electron chi connectivity index (χ0n) is 16.7. The first-order valence-electron chi connectivity index (χ1n) is 9.88. The number of nitrogens with one attached hydrogen (secondary N) is 1. The Balaban J connectivity index is 1.74. The van der Waals surface area contributed by atoms with E-state index in [4.69, 9.17) is 17.3 Å². The fourth-order valence-electron chi connectivity index (χ4n) is 4.27. The predicted molar refractivity (Wildman–Crippen MR) is 104 cm³/mol. The molecule has 2 aliphatic rings. The zero-order valence-corrected chi connectivity index (χ0v) is 17.5. The lowest BCUT2D eigenvalue weighted by Crippen LogP contribution is -2.53. The van der Waals surface area contributed by atoms with Gasteiger partial charge in [0.25, 0.3) is 11.8 Å². The first-order valence-corrected chi connectivity index (χ1v) is 10.3. The van der Waals surface area contributed by atoms with Crippen LogP contribution < -0.4 is 11.1 Å². The van der Waals surface area contributed by atoms with Crippen molar-refractivity contribution in [3.63, 3.8) is 0 Å². The number of nitrogens with two attached hydrogens (primary N) is 1. The van der Waals surface area contributed by atoms with Gasteiger partial charge in [-0.2, -0.15) is 18.3 Å². The van der Waals surface area contributed by atoms with Crippen LogP contribution in [-0.2, 0) is 11.2 Å². The molecule has 3 N–H and O–H groups in total. The van der Waals surface area contributed by atoms with Crippen LogP contribution in [-0.4, -0.2) is 39.7 Å². The third-order valence-electron chi connectivity index (χ3n) is 5.88. The average molecular weight is 495 g/mol. The Kier molecular flexibility index (Phi) is 5.62. The third kappa shape index (κ3) is 4.40. The molecule has 0 bridgehead atoms. The average Bonchev–Trinajstić information content (AvgIpc) is 3.06. The van der Waals surface area contributed by atoms with Gasteiger partial charge in [0.15, 0.2) is 0 Å². The fourth-order valence-corrected chi connectivity index (χ4v) is 4.45. The monoisotopic (exact) mass is 494 g/mol. The Morgan fingerprint density at radius 2 is 1.91 bits per heavy atom. The summed E-state index contributed by atoms with van der Waals surface area (Å²) in [5, 5.41) is 5.96. The highest BCUT2D eigenvalue weighted by Crippen LogP contribution is 2.44. The lowest BCUT2D eigenvalue weighted by atomic mass is 9.85. The van der Waals surface area contributed by atoms with Crippen molar-refractivity contribution in [2.24, 2.45) is 11.7 Å². The van der Waals surface area contributed by atoms with Crippen molar-refractivity contribution in [1.82, 2.24) is 15.1 Å². The molecule has 0 spiro atoms. The van der Waals surface area contributed by atoms with E-state index >= 15 is 0 Å². The fraction of sp³-hybridized carbons (Fsp3) is 0.450. The third-order valence-corrected chi connectivity index (χ3v) is 6.17. The minimum atomic E-state index is -4.84. The molecule has 2 unspecified atom stereocenters. The predicted octanol–water partition coefficient (Wildman–Crippen LogP) is 4.02. The molecule has 13 heteroatoms. The molecule has 1 aliphatic carbocycles. The number of aromatic nitrogens is 2. The molecule has 0 saturated heterocycles. The van der Waals surface area contributed by atoms with Crippen molar-refractivity contribution < 1.29 is 35.9 Å². The van der Waals surface area contributed by atoms with Gasteiger partial charge in [-0.3, -0.25) is 14.3 Å². The van der Waals surface area contributed by atoms with Crippen LogP contribution in [0, 0.1) is 11.7 Å². The van der Waals surface area contributed by atoms with Gasteiger partial charge in [-0.1, -0.05) is 11.6 Å². The molecule has 1 aromatic carbocycles. The van der Waals surface area contributed by atoms with Gasteiger partial charge >= 0.3 is 6.18 Å². The molecule has 1 aliphatic heterocycles. The number of benzene rings is 1. The normalized spacial score (nSPS) is 22.4. The summed E-state index contributed by atoms with van der Waals surface area (Å²) in [5.74, 6) is -6.86. The first-order chi connectivity index (χ1) is 15.3. The van der Waals surface area contributed by atoms with Crippen molar-refractivity contribution in [2.75, 3.05) is 0 Å². The van der Waals surface area contributed by atoms with Crippen molar-refractivity contribution in [3.05, 3.63) is 40.3 Å². The van der Waals surface area contributed by atoms with Crippen LogP contribution in [0.3, 0.4) is 0 Å². The van der Waals surface area contributed by atoms with E-state index in [1.165, 1.54) is 6.07 Å². The van der Waals surface area contributed by atoms with E-state index in [2.05, 4.69) is 10.4 Å². The lowest BCUT2D eigenvalue weighted by Gasteiger charge is -2.37. The van der Waals surface area contributed by atoms with Crippen LogP contribution >= 0.6 is 11.6 Å². The van der Waals surface area contributed by atoms with Gasteiger partial charge in [-0.15, -0.1) is 0 Å². The Bertz CT molecular complexity index is 1120. The second kappa shape index (κ2) is 7.93. The Morgan fingerprint density at radius 1 is 1.24 bits per heavy atom. The highest BCUT2D eigenvalue weighted by Gasteiger charge is 2.50. The molecule has 2 atom stereocenters. The standard InChI is InChI=1S/C20H17ClF6N4O2/c21-11-3-8(1-2-12(11)22)16-15(17(28)32)13-4-9(5-14(20(25,26)27)31(13)30-16)18(33)29-10-6-19(23,24)7-10/h1-3,9-10,14H,4-7H2,(H2,28,32)(H,29,33). The second-order valence-corrected chi connectivity index (χ2v) is 8.68. The number of amides is 2. The number of hydrogen-bond donors (Lipinski definition) is 2. The van der Waals surface area contributed by atoms with Gasteiger partial charge in [0.1, 0.15) is 17.6 Å². The van der Waals surface area contributed by atoms with Crippen molar-refractivity contribution in [2.45, 2.75) is 49.9 Å². The van der Waals surface area contributed by atoms with Crippen LogP contribution in [0.2, 0.25) is 5.02 Å². The number of primary amides is 1. The van der Waals surface area contributed by atoms with Crippen molar-refractivity contribution >= 4 is 23.4 Å². The minimum absolute atomic E-state index is 0.0655.